The van der Waals surface area contributed by atoms with Crippen LogP contribution in [0.25, 0.3) is 0 Å². The number of thiophene rings is 2. The van der Waals surface area contributed by atoms with Crippen LogP contribution in [-0.2, 0) is 37.9 Å². The van der Waals surface area contributed by atoms with Crippen LogP contribution in [0.15, 0.2) is 42.8 Å². The highest BCUT2D eigenvalue weighted by Gasteiger charge is 2.57. The first-order chi connectivity index (χ1) is 17.0. The van der Waals surface area contributed by atoms with Crippen molar-refractivity contribution < 1.29 is 26.7 Å². The standard InChI is InChI=1S/C22H24N4O6S4/c1-35(29,30)23-7-14-10-34-21-19(14)36(31,32)25-20(24-21)16-18(27)15-12-2-3-13(6-12)17(15)26(22(16)28)8-11-4-5-33-9-11/h4-5,9-10,12-13,15,17,23,27H,2-3,6-8H2,1H3,(H,24,25)/t12-,13+,15-,17+/m1/s1. The van der Waals surface area contributed by atoms with E-state index in [1.165, 1.54) is 5.38 Å². The van der Waals surface area contributed by atoms with E-state index in [0.717, 1.165) is 42.4 Å². The number of aliphatic hydroxyl groups excluding tert-OH is 1. The van der Waals surface area contributed by atoms with Crippen LogP contribution in [-0.4, -0.2) is 50.9 Å². The normalized spacial score (nSPS) is 28.6. The highest BCUT2D eigenvalue weighted by molar-refractivity contribution is 7.91. The summed E-state index contributed by atoms with van der Waals surface area (Å²) in [6.07, 6.45) is 3.90. The van der Waals surface area contributed by atoms with Gasteiger partial charge in [-0.15, -0.1) is 15.7 Å². The second-order valence-electron chi connectivity index (χ2n) is 9.73. The molecule has 0 spiro atoms. The molecule has 4 atom stereocenters. The van der Waals surface area contributed by atoms with Crippen molar-refractivity contribution in [3.05, 3.63) is 44.7 Å². The van der Waals surface area contributed by atoms with E-state index in [0.29, 0.717) is 12.5 Å². The molecule has 4 aliphatic rings. The quantitative estimate of drug-likeness (QED) is 0.486. The van der Waals surface area contributed by atoms with Gasteiger partial charge in [-0.3, -0.25) is 4.79 Å². The fourth-order valence-corrected chi connectivity index (χ4v) is 9.80. The lowest BCUT2D eigenvalue weighted by molar-refractivity contribution is -0.134. The van der Waals surface area contributed by atoms with E-state index < -0.39 is 26.0 Å². The van der Waals surface area contributed by atoms with E-state index in [1.54, 1.807) is 16.2 Å². The molecule has 2 aliphatic carbocycles. The summed E-state index contributed by atoms with van der Waals surface area (Å²) in [7, 11) is -7.79. The zero-order valence-corrected chi connectivity index (χ0v) is 22.4. The highest BCUT2D eigenvalue weighted by atomic mass is 32.2. The van der Waals surface area contributed by atoms with Gasteiger partial charge in [0.05, 0.1) is 6.26 Å². The Morgan fingerprint density at radius 3 is 2.78 bits per heavy atom. The Bertz CT molecular complexity index is 1520. The molecule has 0 unspecified atom stereocenters. The summed E-state index contributed by atoms with van der Waals surface area (Å²) in [5.41, 5.74) is 1.15. The number of sulfonamides is 2. The third-order valence-electron chi connectivity index (χ3n) is 7.49. The first-order valence-corrected chi connectivity index (χ1v) is 16.6. The Morgan fingerprint density at radius 1 is 1.28 bits per heavy atom. The van der Waals surface area contributed by atoms with Gasteiger partial charge in [0, 0.05) is 30.6 Å². The number of carbonyl (C=O) groups is 1. The SMILES string of the molecule is CS(=O)(=O)NCc1csc2c1S(=O)(=O)N=C(C1=C(O)[C@@H]3[C@@H]4CC[C@@H](C4)[C@@H]3N(Cc3ccsc3)C1=O)N2. The molecule has 2 bridgehead atoms. The number of carbonyl (C=O) groups excluding carboxylic acids is 1. The summed E-state index contributed by atoms with van der Waals surface area (Å²) in [4.78, 5) is 15.5. The summed E-state index contributed by atoms with van der Waals surface area (Å²) in [6.45, 7) is 0.180. The van der Waals surface area contributed by atoms with Gasteiger partial charge in [-0.25, -0.2) is 13.1 Å². The van der Waals surface area contributed by atoms with Crippen LogP contribution >= 0.6 is 22.7 Å². The molecular weight excluding hydrogens is 545 g/mol. The van der Waals surface area contributed by atoms with Crippen LogP contribution in [0.3, 0.4) is 0 Å². The van der Waals surface area contributed by atoms with E-state index in [9.17, 15) is 26.7 Å². The number of hydrogen-bond donors (Lipinski definition) is 3. The molecule has 0 saturated heterocycles. The van der Waals surface area contributed by atoms with E-state index in [1.807, 2.05) is 16.8 Å². The number of amidine groups is 1. The molecule has 3 N–H and O–H groups in total. The van der Waals surface area contributed by atoms with E-state index in [-0.39, 0.29) is 57.1 Å². The number of nitrogens with zero attached hydrogens (tertiary/aromatic N) is 2. The molecule has 2 aromatic rings. The smallest absolute Gasteiger partial charge is 0.287 e. The van der Waals surface area contributed by atoms with Gasteiger partial charge < -0.3 is 15.3 Å². The van der Waals surface area contributed by atoms with Crippen molar-refractivity contribution in [3.63, 3.8) is 0 Å². The molecule has 36 heavy (non-hydrogen) atoms. The Hall–Kier alpha value is -2.26. The predicted molar refractivity (Wildman–Crippen MR) is 137 cm³/mol. The van der Waals surface area contributed by atoms with Crippen LogP contribution in [0.5, 0.6) is 0 Å². The van der Waals surface area contributed by atoms with Crippen molar-refractivity contribution in [1.82, 2.24) is 9.62 Å². The summed E-state index contributed by atoms with van der Waals surface area (Å²) in [5.74, 6) is -0.412. The fourth-order valence-electron chi connectivity index (χ4n) is 6.12. The average molecular weight is 569 g/mol. The van der Waals surface area contributed by atoms with Gasteiger partial charge in [-0.1, -0.05) is 0 Å². The summed E-state index contributed by atoms with van der Waals surface area (Å²) in [6, 6.07) is 1.84. The Labute approximate surface area is 216 Å². The molecule has 10 nitrogen and oxygen atoms in total. The maximum absolute atomic E-state index is 13.8. The fraction of sp³-hybridized carbons (Fsp3) is 0.455. The summed E-state index contributed by atoms with van der Waals surface area (Å²) < 4.78 is 55.6. The molecule has 2 aliphatic heterocycles. The number of rotatable bonds is 6. The molecule has 0 aromatic carbocycles. The minimum absolute atomic E-state index is 0.0841. The number of aliphatic hydroxyl groups is 1. The molecule has 2 aromatic heterocycles. The zero-order valence-electron chi connectivity index (χ0n) is 19.2. The van der Waals surface area contributed by atoms with Crippen LogP contribution in [0, 0.1) is 17.8 Å². The maximum Gasteiger partial charge on any atom is 0.287 e. The summed E-state index contributed by atoms with van der Waals surface area (Å²) in [5, 5.41) is 20.0. The summed E-state index contributed by atoms with van der Waals surface area (Å²) >= 11 is 2.62. The maximum atomic E-state index is 13.8. The van der Waals surface area contributed by atoms with E-state index in [2.05, 4.69) is 14.4 Å². The van der Waals surface area contributed by atoms with Crippen LogP contribution in [0.1, 0.15) is 30.4 Å². The molecule has 4 heterocycles. The van der Waals surface area contributed by atoms with Gasteiger partial charge in [-0.2, -0.15) is 19.8 Å². The highest BCUT2D eigenvalue weighted by Crippen LogP contribution is 2.55. The molecule has 6 rings (SSSR count). The molecule has 2 fully saturated rings. The second kappa shape index (κ2) is 8.38. The minimum Gasteiger partial charge on any atom is -0.511 e. The second-order valence-corrected chi connectivity index (χ2v) is 14.8. The molecule has 1 amide bonds. The Kier molecular flexibility index (Phi) is 5.61. The van der Waals surface area contributed by atoms with E-state index in [4.69, 9.17) is 0 Å². The topological polar surface area (TPSA) is 145 Å². The monoisotopic (exact) mass is 568 g/mol. The van der Waals surface area contributed by atoms with Crippen molar-refractivity contribution in [2.24, 2.45) is 22.2 Å². The number of anilines is 1. The van der Waals surface area contributed by atoms with Gasteiger partial charge in [0.2, 0.25) is 10.0 Å². The van der Waals surface area contributed by atoms with Crippen molar-refractivity contribution in [2.75, 3.05) is 11.6 Å². The first kappa shape index (κ1) is 24.1. The average Bonchev–Trinajstić information content (AvgIpc) is 3.58. The number of amides is 1. The third-order valence-corrected chi connectivity index (χ3v) is 11.4. The van der Waals surface area contributed by atoms with Crippen molar-refractivity contribution >= 4 is 59.5 Å². The van der Waals surface area contributed by atoms with Gasteiger partial charge in [0.15, 0.2) is 5.84 Å². The molecular formula is C22H24N4O6S4. The van der Waals surface area contributed by atoms with Crippen LogP contribution in [0.4, 0.5) is 5.00 Å². The van der Waals surface area contributed by atoms with Crippen LogP contribution in [0.2, 0.25) is 0 Å². The predicted octanol–water partition coefficient (Wildman–Crippen LogP) is 2.64. The van der Waals surface area contributed by atoms with Crippen LogP contribution < -0.4 is 10.0 Å². The zero-order chi connectivity index (χ0) is 25.4. The molecule has 2 saturated carbocycles. The van der Waals surface area contributed by atoms with E-state index >= 15 is 0 Å². The molecule has 0 radical (unpaired) electrons. The van der Waals surface area contributed by atoms with Crippen molar-refractivity contribution in [3.8, 4) is 0 Å². The lowest BCUT2D eigenvalue weighted by Gasteiger charge is -2.44. The van der Waals surface area contributed by atoms with Gasteiger partial charge in [0.1, 0.15) is 21.2 Å². The third kappa shape index (κ3) is 3.90. The van der Waals surface area contributed by atoms with Crippen molar-refractivity contribution in [1.29, 1.82) is 0 Å². The number of fused-ring (bicyclic) bond motifs is 6. The minimum atomic E-state index is -4.26. The lowest BCUT2D eigenvalue weighted by Crippen LogP contribution is -2.53. The first-order valence-electron chi connectivity index (χ1n) is 11.5. The largest absolute Gasteiger partial charge is 0.511 e. The molecule has 192 valence electrons. The number of nitrogens with one attached hydrogen (secondary N) is 2. The van der Waals surface area contributed by atoms with Gasteiger partial charge >= 0.3 is 0 Å². The number of hydrogen-bond acceptors (Lipinski definition) is 9. The Morgan fingerprint density at radius 2 is 2.06 bits per heavy atom. The Balaban J connectivity index is 1.40. The molecule has 14 heteroatoms. The lowest BCUT2D eigenvalue weighted by atomic mass is 9.77. The van der Waals surface area contributed by atoms with Gasteiger partial charge in [-0.05, 0) is 58.9 Å². The van der Waals surface area contributed by atoms with Gasteiger partial charge in [0.25, 0.3) is 15.9 Å². The van der Waals surface area contributed by atoms with Crippen molar-refractivity contribution in [2.45, 2.75) is 43.3 Å².